The molecule has 1 atom stereocenters. The highest BCUT2D eigenvalue weighted by Crippen LogP contribution is 2.46. The fourth-order valence-electron chi connectivity index (χ4n) is 4.67. The summed E-state index contributed by atoms with van der Waals surface area (Å²) in [4.78, 5) is 32.9. The van der Waals surface area contributed by atoms with Crippen LogP contribution in [-0.2, 0) is 9.59 Å². The van der Waals surface area contributed by atoms with Crippen LogP contribution in [0.5, 0.6) is 17.2 Å². The molecule has 5 rings (SSSR count). The smallest absolute Gasteiger partial charge is 0.301 e. The van der Waals surface area contributed by atoms with Gasteiger partial charge in [0, 0.05) is 5.56 Å². The molecule has 0 saturated carbocycles. The normalized spacial score (nSPS) is 16.4. The first-order valence-electron chi connectivity index (χ1n) is 13.3. The molecule has 1 aliphatic heterocycles. The standard InChI is InChI=1S/C31H29FN2O6S/c1-4-6-15-40-23-14-9-19(16-24(23)38-3)27-26(28(35)18-7-11-21(12-8-18)39-5-2)29(36)30(37)34(27)31-33-22-13-10-20(32)17-25(22)41-31/h7-14,16-17,27,35H,4-6,15H2,1-3H3. The number of anilines is 1. The molecule has 0 spiro atoms. The Morgan fingerprint density at radius 2 is 1.80 bits per heavy atom. The maximum Gasteiger partial charge on any atom is 0.301 e. The van der Waals surface area contributed by atoms with Gasteiger partial charge in [0.05, 0.1) is 42.2 Å². The van der Waals surface area contributed by atoms with E-state index in [4.69, 9.17) is 14.2 Å². The highest BCUT2D eigenvalue weighted by molar-refractivity contribution is 7.22. The number of nitrogens with zero attached hydrogens (tertiary/aromatic N) is 2. The summed E-state index contributed by atoms with van der Waals surface area (Å²) in [6.45, 7) is 4.90. The zero-order valence-electron chi connectivity index (χ0n) is 22.8. The third kappa shape index (κ3) is 5.47. The maximum atomic E-state index is 13.9. The number of aliphatic hydroxyl groups is 1. The Hall–Kier alpha value is -4.44. The number of hydrogen-bond acceptors (Lipinski definition) is 8. The molecule has 8 nitrogen and oxygen atoms in total. The Morgan fingerprint density at radius 1 is 1.02 bits per heavy atom. The van der Waals surface area contributed by atoms with Gasteiger partial charge in [0.1, 0.15) is 17.3 Å². The van der Waals surface area contributed by atoms with Gasteiger partial charge < -0.3 is 19.3 Å². The molecule has 1 aromatic heterocycles. The molecule has 1 aliphatic rings. The monoisotopic (exact) mass is 576 g/mol. The van der Waals surface area contributed by atoms with Crippen molar-refractivity contribution in [2.24, 2.45) is 0 Å². The lowest BCUT2D eigenvalue weighted by Crippen LogP contribution is -2.29. The highest BCUT2D eigenvalue weighted by Gasteiger charge is 2.48. The predicted octanol–water partition coefficient (Wildman–Crippen LogP) is 6.65. The van der Waals surface area contributed by atoms with Gasteiger partial charge in [-0.05, 0) is 73.5 Å². The van der Waals surface area contributed by atoms with Crippen molar-refractivity contribution in [2.45, 2.75) is 32.7 Å². The Labute approximate surface area is 240 Å². The van der Waals surface area contributed by atoms with E-state index in [0.717, 1.165) is 24.2 Å². The van der Waals surface area contributed by atoms with Gasteiger partial charge in [-0.15, -0.1) is 0 Å². The minimum atomic E-state index is -1.04. The largest absolute Gasteiger partial charge is 0.507 e. The number of methoxy groups -OCH3 is 1. The summed E-state index contributed by atoms with van der Waals surface area (Å²) < 4.78 is 31.4. The van der Waals surface area contributed by atoms with E-state index in [2.05, 4.69) is 11.9 Å². The van der Waals surface area contributed by atoms with Gasteiger partial charge >= 0.3 is 5.91 Å². The molecule has 1 unspecified atom stereocenters. The Bertz CT molecular complexity index is 1630. The first-order chi connectivity index (χ1) is 19.9. The summed E-state index contributed by atoms with van der Waals surface area (Å²) in [5.74, 6) is -0.969. The summed E-state index contributed by atoms with van der Waals surface area (Å²) in [6.07, 6.45) is 1.83. The Kier molecular flexibility index (Phi) is 8.21. The van der Waals surface area contributed by atoms with Gasteiger partial charge in [0.2, 0.25) is 0 Å². The highest BCUT2D eigenvalue weighted by atomic mass is 32.1. The van der Waals surface area contributed by atoms with E-state index in [9.17, 15) is 19.1 Å². The molecule has 1 fully saturated rings. The number of rotatable bonds is 10. The van der Waals surface area contributed by atoms with Gasteiger partial charge in [0.15, 0.2) is 16.6 Å². The number of amides is 1. The van der Waals surface area contributed by atoms with Crippen molar-refractivity contribution in [2.75, 3.05) is 25.2 Å². The fraction of sp³-hybridized carbons (Fsp3) is 0.258. The molecule has 2 heterocycles. The summed E-state index contributed by atoms with van der Waals surface area (Å²) >= 11 is 1.08. The minimum Gasteiger partial charge on any atom is -0.507 e. The number of benzene rings is 3. The summed E-state index contributed by atoms with van der Waals surface area (Å²) in [6, 6.07) is 14.8. The number of aromatic nitrogens is 1. The zero-order chi connectivity index (χ0) is 29.1. The average Bonchev–Trinajstić information content (AvgIpc) is 3.50. The van der Waals surface area contributed by atoms with Gasteiger partial charge in [-0.2, -0.15) is 0 Å². The maximum absolute atomic E-state index is 13.9. The van der Waals surface area contributed by atoms with Crippen LogP contribution in [0.3, 0.4) is 0 Å². The summed E-state index contributed by atoms with van der Waals surface area (Å²) in [5, 5.41) is 11.6. The fourth-order valence-corrected chi connectivity index (χ4v) is 5.68. The van der Waals surface area contributed by atoms with E-state index in [1.54, 1.807) is 42.5 Å². The number of thiazole rings is 1. The number of aliphatic hydroxyl groups excluding tert-OH is 1. The molecule has 41 heavy (non-hydrogen) atoms. The first-order valence-corrected chi connectivity index (χ1v) is 14.1. The Balaban J connectivity index is 1.66. The number of fused-ring (bicyclic) bond motifs is 1. The molecule has 212 valence electrons. The van der Waals surface area contributed by atoms with Crippen molar-refractivity contribution in [1.29, 1.82) is 0 Å². The molecule has 1 amide bonds. The molecule has 0 aliphatic carbocycles. The molecular formula is C31H29FN2O6S. The topological polar surface area (TPSA) is 98.2 Å². The second-order valence-electron chi connectivity index (χ2n) is 9.35. The molecule has 1 N–H and O–H groups in total. The molecule has 4 aromatic rings. The van der Waals surface area contributed by atoms with Gasteiger partial charge in [0.25, 0.3) is 5.78 Å². The number of Topliss-reactive ketones (excluding diaryl/α,β-unsaturated/α-hetero) is 1. The molecule has 3 aromatic carbocycles. The van der Waals surface area contributed by atoms with Gasteiger partial charge in [-0.3, -0.25) is 14.5 Å². The zero-order valence-corrected chi connectivity index (χ0v) is 23.7. The molecular weight excluding hydrogens is 547 g/mol. The van der Waals surface area contributed by atoms with E-state index >= 15 is 0 Å². The quantitative estimate of drug-likeness (QED) is 0.0977. The lowest BCUT2D eigenvalue weighted by molar-refractivity contribution is -0.132. The van der Waals surface area contributed by atoms with Crippen LogP contribution < -0.4 is 19.1 Å². The number of carbonyl (C=O) groups excluding carboxylic acids is 2. The van der Waals surface area contributed by atoms with Crippen molar-refractivity contribution < 1.29 is 33.3 Å². The lowest BCUT2D eigenvalue weighted by atomic mass is 9.95. The van der Waals surface area contributed by atoms with Crippen LogP contribution in [0.1, 0.15) is 43.9 Å². The van der Waals surface area contributed by atoms with Crippen LogP contribution in [0.4, 0.5) is 9.52 Å². The summed E-state index contributed by atoms with van der Waals surface area (Å²) in [5.41, 5.74) is 1.22. The number of ketones is 1. The van der Waals surface area contributed by atoms with Crippen molar-refractivity contribution in [3.05, 3.63) is 83.2 Å². The molecule has 1 saturated heterocycles. The average molecular weight is 577 g/mol. The molecule has 0 radical (unpaired) electrons. The third-order valence-electron chi connectivity index (χ3n) is 6.69. The number of ether oxygens (including phenoxy) is 3. The summed E-state index contributed by atoms with van der Waals surface area (Å²) in [7, 11) is 1.50. The number of hydrogen-bond donors (Lipinski definition) is 1. The van der Waals surface area contributed by atoms with Crippen molar-refractivity contribution >= 4 is 44.1 Å². The van der Waals surface area contributed by atoms with E-state index in [0.29, 0.717) is 51.8 Å². The van der Waals surface area contributed by atoms with Crippen LogP contribution in [0.15, 0.2) is 66.2 Å². The first kappa shape index (κ1) is 28.1. The van der Waals surface area contributed by atoms with E-state index < -0.39 is 23.5 Å². The van der Waals surface area contributed by atoms with Crippen LogP contribution in [-0.4, -0.2) is 42.1 Å². The minimum absolute atomic E-state index is 0.105. The second kappa shape index (κ2) is 12.0. The molecule has 0 bridgehead atoms. The second-order valence-corrected chi connectivity index (χ2v) is 10.4. The SMILES string of the molecule is CCCCOc1ccc(C2C(=C(O)c3ccc(OCC)cc3)C(=O)C(=O)N2c2nc3ccc(F)cc3s2)cc1OC. The van der Waals surface area contributed by atoms with Crippen LogP contribution >= 0.6 is 11.3 Å². The van der Waals surface area contributed by atoms with E-state index in [-0.39, 0.29) is 16.5 Å². The van der Waals surface area contributed by atoms with Crippen LogP contribution in [0.2, 0.25) is 0 Å². The predicted molar refractivity (Wildman–Crippen MR) is 155 cm³/mol. The van der Waals surface area contributed by atoms with Crippen molar-refractivity contribution in [3.8, 4) is 17.2 Å². The number of carbonyl (C=O) groups is 2. The van der Waals surface area contributed by atoms with Gasteiger partial charge in [-0.25, -0.2) is 9.37 Å². The number of unbranched alkanes of at least 4 members (excludes halogenated alkanes) is 1. The van der Waals surface area contributed by atoms with Gasteiger partial charge in [-0.1, -0.05) is 30.7 Å². The van der Waals surface area contributed by atoms with Crippen molar-refractivity contribution in [3.63, 3.8) is 0 Å². The van der Waals surface area contributed by atoms with E-state index in [1.807, 2.05) is 6.92 Å². The van der Waals surface area contributed by atoms with E-state index in [1.165, 1.54) is 30.2 Å². The Morgan fingerprint density at radius 3 is 2.51 bits per heavy atom. The van der Waals surface area contributed by atoms with Crippen LogP contribution in [0.25, 0.3) is 16.0 Å². The van der Waals surface area contributed by atoms with Crippen LogP contribution in [0, 0.1) is 5.82 Å². The number of halogens is 1. The lowest BCUT2D eigenvalue weighted by Gasteiger charge is -2.24. The molecule has 10 heteroatoms. The van der Waals surface area contributed by atoms with Crippen molar-refractivity contribution in [1.82, 2.24) is 4.98 Å². The third-order valence-corrected chi connectivity index (χ3v) is 7.70.